The smallest absolute Gasteiger partial charge is 0.0721 e. The van der Waals surface area contributed by atoms with Gasteiger partial charge in [-0.2, -0.15) is 10.2 Å². The molecule has 0 aliphatic heterocycles. The van der Waals surface area contributed by atoms with Crippen LogP contribution in [0.15, 0.2) is 6.20 Å². The van der Waals surface area contributed by atoms with Gasteiger partial charge in [-0.3, -0.25) is 0 Å². The lowest BCUT2D eigenvalue weighted by Crippen LogP contribution is -2.22. The van der Waals surface area contributed by atoms with E-state index in [1.165, 1.54) is 42.5 Å². The lowest BCUT2D eigenvalue weighted by molar-refractivity contribution is 0.313. The minimum Gasteiger partial charge on any atom is -0.159 e. The normalized spacial score (nSPS) is 28.4. The van der Waals surface area contributed by atoms with Crippen molar-refractivity contribution in [1.82, 2.24) is 10.2 Å². The van der Waals surface area contributed by atoms with Gasteiger partial charge in [0.2, 0.25) is 0 Å². The van der Waals surface area contributed by atoms with Crippen molar-refractivity contribution >= 4 is 0 Å². The Morgan fingerprint density at radius 3 is 2.27 bits per heavy atom. The summed E-state index contributed by atoms with van der Waals surface area (Å²) in [5.41, 5.74) is 4.88. The van der Waals surface area contributed by atoms with Gasteiger partial charge in [0.15, 0.2) is 0 Å². The molecule has 1 saturated carbocycles. The Hall–Kier alpha value is -0.920. The lowest BCUT2D eigenvalue weighted by atomic mass is 9.80. The molecule has 1 heterocycles. The van der Waals surface area contributed by atoms with Crippen molar-refractivity contribution in [2.45, 2.75) is 79.1 Å². The number of aryl methyl sites for hydroxylation is 1. The van der Waals surface area contributed by atoms with Crippen molar-refractivity contribution in [1.29, 1.82) is 0 Å². The summed E-state index contributed by atoms with van der Waals surface area (Å²) in [5.74, 6) is 2.81. The van der Waals surface area contributed by atoms with Crippen LogP contribution in [0.1, 0.15) is 77.6 Å². The van der Waals surface area contributed by atoms with Crippen molar-refractivity contribution in [2.24, 2.45) is 23.2 Å². The molecule has 22 heavy (non-hydrogen) atoms. The molecule has 2 aliphatic rings. The molecule has 0 radical (unpaired) electrons. The van der Waals surface area contributed by atoms with Crippen LogP contribution >= 0.6 is 0 Å². The Morgan fingerprint density at radius 2 is 1.68 bits per heavy atom. The van der Waals surface area contributed by atoms with Crippen LogP contribution in [0.2, 0.25) is 0 Å². The van der Waals surface area contributed by atoms with E-state index >= 15 is 0 Å². The Morgan fingerprint density at radius 1 is 1.05 bits per heavy atom. The first kappa shape index (κ1) is 16.0. The van der Waals surface area contributed by atoms with E-state index in [0.717, 1.165) is 24.2 Å². The zero-order chi connectivity index (χ0) is 16.1. The highest BCUT2D eigenvalue weighted by Crippen LogP contribution is 2.60. The van der Waals surface area contributed by atoms with Crippen LogP contribution in [0, 0.1) is 23.2 Å². The Kier molecular flexibility index (Phi) is 3.86. The van der Waals surface area contributed by atoms with Crippen LogP contribution in [0.5, 0.6) is 0 Å². The van der Waals surface area contributed by atoms with Crippen LogP contribution in [0.3, 0.4) is 0 Å². The summed E-state index contributed by atoms with van der Waals surface area (Å²) >= 11 is 0. The maximum Gasteiger partial charge on any atom is 0.0721 e. The molecule has 3 rings (SSSR count). The molecule has 3 atom stereocenters. The SMILES string of the molecule is CCC(C)(C)c1nncc2c1CCC1C(CC2)C1C(C)(C)C. The molecule has 122 valence electrons. The zero-order valence-corrected chi connectivity index (χ0v) is 15.2. The number of aromatic nitrogens is 2. The first-order valence-corrected chi connectivity index (χ1v) is 9.09. The fourth-order valence-corrected chi connectivity index (χ4v) is 4.80. The molecule has 0 amide bonds. The largest absolute Gasteiger partial charge is 0.159 e. The van der Waals surface area contributed by atoms with Gasteiger partial charge >= 0.3 is 0 Å². The molecule has 1 aromatic heterocycles. The van der Waals surface area contributed by atoms with Crippen LogP contribution in [0.25, 0.3) is 0 Å². The summed E-state index contributed by atoms with van der Waals surface area (Å²) in [7, 11) is 0. The van der Waals surface area contributed by atoms with Crippen LogP contribution < -0.4 is 0 Å². The Labute approximate surface area is 136 Å². The molecule has 0 saturated heterocycles. The standard InChI is InChI=1S/C20H32N2/c1-7-20(5,6)18-14-10-11-16-15(17(16)19(2,3)4)9-8-13(14)12-21-22-18/h12,15-17H,7-11H2,1-6H3. The Balaban J connectivity index is 1.88. The minimum absolute atomic E-state index is 0.143. The highest BCUT2D eigenvalue weighted by Gasteiger charge is 2.54. The molecule has 0 spiro atoms. The average Bonchev–Trinajstić information content (AvgIpc) is 3.12. The molecule has 0 bridgehead atoms. The third-order valence-electron chi connectivity index (χ3n) is 6.38. The minimum atomic E-state index is 0.143. The second-order valence-electron chi connectivity index (χ2n) is 9.23. The number of fused-ring (bicyclic) bond motifs is 2. The maximum absolute atomic E-state index is 4.56. The summed E-state index contributed by atoms with van der Waals surface area (Å²) < 4.78 is 0. The highest BCUT2D eigenvalue weighted by atomic mass is 15.1. The fraction of sp³-hybridized carbons (Fsp3) is 0.800. The monoisotopic (exact) mass is 300 g/mol. The van der Waals surface area contributed by atoms with Crippen LogP contribution in [-0.2, 0) is 18.3 Å². The van der Waals surface area contributed by atoms with Gasteiger partial charge in [-0.15, -0.1) is 0 Å². The molecule has 1 aromatic rings. The van der Waals surface area contributed by atoms with E-state index in [2.05, 4.69) is 51.7 Å². The fourth-order valence-electron chi connectivity index (χ4n) is 4.80. The summed E-state index contributed by atoms with van der Waals surface area (Å²) in [5, 5.41) is 8.90. The van der Waals surface area contributed by atoms with Crippen molar-refractivity contribution in [3.8, 4) is 0 Å². The lowest BCUT2D eigenvalue weighted by Gasteiger charge is -2.26. The zero-order valence-electron chi connectivity index (χ0n) is 15.2. The number of nitrogens with zero attached hydrogens (tertiary/aromatic N) is 2. The van der Waals surface area contributed by atoms with Gasteiger partial charge in [-0.25, -0.2) is 0 Å². The van der Waals surface area contributed by atoms with Gasteiger partial charge in [0, 0.05) is 5.41 Å². The summed E-state index contributed by atoms with van der Waals surface area (Å²) in [6.45, 7) is 14.2. The third kappa shape index (κ3) is 2.70. The molecule has 2 heteroatoms. The van der Waals surface area contributed by atoms with Gasteiger partial charge in [-0.05, 0) is 66.4 Å². The Bertz CT molecular complexity index is 553. The van der Waals surface area contributed by atoms with Crippen LogP contribution in [0.4, 0.5) is 0 Å². The summed E-state index contributed by atoms with van der Waals surface area (Å²) in [6.07, 6.45) is 8.26. The number of hydrogen-bond acceptors (Lipinski definition) is 2. The first-order chi connectivity index (χ1) is 10.3. The number of rotatable bonds is 2. The van der Waals surface area contributed by atoms with Crippen molar-refractivity contribution < 1.29 is 0 Å². The van der Waals surface area contributed by atoms with E-state index < -0.39 is 0 Å². The second-order valence-corrected chi connectivity index (χ2v) is 9.23. The molecular weight excluding hydrogens is 268 g/mol. The predicted molar refractivity (Wildman–Crippen MR) is 91.9 cm³/mol. The molecule has 3 unspecified atom stereocenters. The number of hydrogen-bond donors (Lipinski definition) is 0. The molecule has 2 aliphatic carbocycles. The molecule has 0 N–H and O–H groups in total. The molecule has 0 aromatic carbocycles. The van der Waals surface area contributed by atoms with Gasteiger partial charge in [-0.1, -0.05) is 41.5 Å². The van der Waals surface area contributed by atoms with E-state index in [-0.39, 0.29) is 5.41 Å². The highest BCUT2D eigenvalue weighted by molar-refractivity contribution is 5.34. The molecule has 1 fully saturated rings. The predicted octanol–water partition coefficient (Wildman–Crippen LogP) is 4.95. The van der Waals surface area contributed by atoms with Gasteiger partial charge in [0.1, 0.15) is 0 Å². The van der Waals surface area contributed by atoms with E-state index in [9.17, 15) is 0 Å². The molecule has 2 nitrogen and oxygen atoms in total. The second kappa shape index (κ2) is 5.32. The first-order valence-electron chi connectivity index (χ1n) is 9.09. The topological polar surface area (TPSA) is 25.8 Å². The third-order valence-corrected chi connectivity index (χ3v) is 6.38. The van der Waals surface area contributed by atoms with Crippen molar-refractivity contribution in [2.75, 3.05) is 0 Å². The van der Waals surface area contributed by atoms with Gasteiger partial charge < -0.3 is 0 Å². The van der Waals surface area contributed by atoms with Crippen molar-refractivity contribution in [3.05, 3.63) is 23.0 Å². The van der Waals surface area contributed by atoms with E-state index in [1.807, 2.05) is 6.20 Å². The van der Waals surface area contributed by atoms with E-state index in [0.29, 0.717) is 5.41 Å². The van der Waals surface area contributed by atoms with Crippen molar-refractivity contribution in [3.63, 3.8) is 0 Å². The van der Waals surface area contributed by atoms with Crippen LogP contribution in [-0.4, -0.2) is 10.2 Å². The summed E-state index contributed by atoms with van der Waals surface area (Å²) in [4.78, 5) is 0. The van der Waals surface area contributed by atoms with E-state index in [1.54, 1.807) is 0 Å². The van der Waals surface area contributed by atoms with Gasteiger partial charge in [0.05, 0.1) is 11.9 Å². The molecular formula is C20H32N2. The maximum atomic E-state index is 4.56. The van der Waals surface area contributed by atoms with E-state index in [4.69, 9.17) is 0 Å². The average molecular weight is 300 g/mol. The van der Waals surface area contributed by atoms with Gasteiger partial charge in [0.25, 0.3) is 0 Å². The quantitative estimate of drug-likeness (QED) is 0.772. The summed E-state index contributed by atoms with van der Waals surface area (Å²) in [6, 6.07) is 0.